The van der Waals surface area contributed by atoms with E-state index in [2.05, 4.69) is 21.2 Å². The smallest absolute Gasteiger partial charge is 0.270 e. The number of nitro groups is 1. The molecule has 6 heteroatoms. The molecule has 18 heavy (non-hydrogen) atoms. The Labute approximate surface area is 114 Å². The SMILES string of the molecule is CCC(Br)CNC(=O)c1cc([N+](=O)[O-])ccc1C. The maximum atomic E-state index is 11.9. The van der Waals surface area contributed by atoms with Crippen LogP contribution in [0.3, 0.4) is 0 Å². The van der Waals surface area contributed by atoms with Gasteiger partial charge in [0.2, 0.25) is 0 Å². The summed E-state index contributed by atoms with van der Waals surface area (Å²) in [4.78, 5) is 22.3. The summed E-state index contributed by atoms with van der Waals surface area (Å²) in [5, 5.41) is 13.4. The fourth-order valence-electron chi connectivity index (χ4n) is 1.41. The van der Waals surface area contributed by atoms with Gasteiger partial charge in [-0.3, -0.25) is 14.9 Å². The van der Waals surface area contributed by atoms with Crippen molar-refractivity contribution in [2.24, 2.45) is 0 Å². The molecule has 0 fully saturated rings. The van der Waals surface area contributed by atoms with Crippen LogP contribution in [-0.2, 0) is 0 Å². The minimum Gasteiger partial charge on any atom is -0.351 e. The Hall–Kier alpha value is -1.43. The number of nitrogens with one attached hydrogen (secondary N) is 1. The molecule has 1 unspecified atom stereocenters. The van der Waals surface area contributed by atoms with E-state index in [1.165, 1.54) is 12.1 Å². The molecular weight excluding hydrogens is 300 g/mol. The van der Waals surface area contributed by atoms with Crippen LogP contribution in [0.2, 0.25) is 0 Å². The number of carbonyl (C=O) groups is 1. The van der Waals surface area contributed by atoms with E-state index in [0.717, 1.165) is 12.0 Å². The first-order valence-electron chi connectivity index (χ1n) is 5.63. The fourth-order valence-corrected chi connectivity index (χ4v) is 1.57. The summed E-state index contributed by atoms with van der Waals surface area (Å²) < 4.78 is 0. The van der Waals surface area contributed by atoms with E-state index < -0.39 is 4.92 Å². The van der Waals surface area contributed by atoms with Crippen LogP contribution in [0, 0.1) is 17.0 Å². The number of benzene rings is 1. The summed E-state index contributed by atoms with van der Waals surface area (Å²) in [5.41, 5.74) is 0.998. The number of carbonyl (C=O) groups excluding carboxylic acids is 1. The highest BCUT2D eigenvalue weighted by atomic mass is 79.9. The average Bonchev–Trinajstić information content (AvgIpc) is 2.35. The van der Waals surface area contributed by atoms with Gasteiger partial charge in [-0.25, -0.2) is 0 Å². The summed E-state index contributed by atoms with van der Waals surface area (Å²) in [6.45, 7) is 4.26. The lowest BCUT2D eigenvalue weighted by atomic mass is 10.1. The first kappa shape index (κ1) is 14.6. The Bertz CT molecular complexity index is 463. The largest absolute Gasteiger partial charge is 0.351 e. The van der Waals surface area contributed by atoms with Gasteiger partial charge in [0, 0.05) is 29.1 Å². The zero-order chi connectivity index (χ0) is 13.7. The second-order valence-corrected chi connectivity index (χ2v) is 5.27. The second kappa shape index (κ2) is 6.49. The molecule has 0 aromatic heterocycles. The number of nitro benzene ring substituents is 1. The Balaban J connectivity index is 2.84. The first-order valence-corrected chi connectivity index (χ1v) is 6.54. The molecule has 0 aliphatic heterocycles. The maximum Gasteiger partial charge on any atom is 0.270 e. The van der Waals surface area contributed by atoms with E-state index in [4.69, 9.17) is 0 Å². The summed E-state index contributed by atoms with van der Waals surface area (Å²) in [5.74, 6) is -0.283. The van der Waals surface area contributed by atoms with Gasteiger partial charge < -0.3 is 5.32 Å². The van der Waals surface area contributed by atoms with Crippen molar-refractivity contribution in [3.05, 3.63) is 39.4 Å². The van der Waals surface area contributed by atoms with Gasteiger partial charge in [-0.15, -0.1) is 0 Å². The number of hydrogen-bond donors (Lipinski definition) is 1. The van der Waals surface area contributed by atoms with Crippen LogP contribution in [0.25, 0.3) is 0 Å². The van der Waals surface area contributed by atoms with E-state index in [9.17, 15) is 14.9 Å². The molecule has 0 aliphatic carbocycles. The number of nitrogens with zero attached hydrogens (tertiary/aromatic N) is 1. The number of hydrogen-bond acceptors (Lipinski definition) is 3. The number of halogens is 1. The van der Waals surface area contributed by atoms with E-state index in [1.807, 2.05) is 6.92 Å². The van der Waals surface area contributed by atoms with Gasteiger partial charge >= 0.3 is 0 Å². The van der Waals surface area contributed by atoms with Crippen LogP contribution in [0.4, 0.5) is 5.69 Å². The van der Waals surface area contributed by atoms with E-state index in [1.54, 1.807) is 13.0 Å². The van der Waals surface area contributed by atoms with Gasteiger partial charge in [0.25, 0.3) is 11.6 Å². The molecule has 0 saturated carbocycles. The third-order valence-electron chi connectivity index (χ3n) is 2.60. The molecule has 1 aromatic carbocycles. The van der Waals surface area contributed by atoms with Gasteiger partial charge in [0.1, 0.15) is 0 Å². The number of amides is 1. The van der Waals surface area contributed by atoms with E-state index in [-0.39, 0.29) is 16.4 Å². The number of aryl methyl sites for hydroxylation is 1. The molecule has 1 amide bonds. The van der Waals surface area contributed by atoms with Crippen molar-refractivity contribution in [1.29, 1.82) is 0 Å². The van der Waals surface area contributed by atoms with Crippen LogP contribution in [0.5, 0.6) is 0 Å². The van der Waals surface area contributed by atoms with Crippen molar-refractivity contribution in [1.82, 2.24) is 5.32 Å². The topological polar surface area (TPSA) is 72.2 Å². The minimum absolute atomic E-state index is 0.0726. The summed E-state index contributed by atoms with van der Waals surface area (Å²) in [6, 6.07) is 4.28. The molecule has 0 saturated heterocycles. The summed E-state index contributed by atoms with van der Waals surface area (Å²) in [6.07, 6.45) is 0.897. The number of rotatable bonds is 5. The lowest BCUT2D eigenvalue weighted by molar-refractivity contribution is -0.384. The Morgan fingerprint density at radius 2 is 2.22 bits per heavy atom. The van der Waals surface area contributed by atoms with Crippen LogP contribution >= 0.6 is 15.9 Å². The van der Waals surface area contributed by atoms with Crippen LogP contribution < -0.4 is 5.32 Å². The highest BCUT2D eigenvalue weighted by Crippen LogP contribution is 2.17. The lowest BCUT2D eigenvalue weighted by Gasteiger charge is -2.10. The van der Waals surface area contributed by atoms with Crippen LogP contribution in [0.1, 0.15) is 29.3 Å². The normalized spacial score (nSPS) is 11.9. The van der Waals surface area contributed by atoms with Gasteiger partial charge in [-0.05, 0) is 18.9 Å². The fraction of sp³-hybridized carbons (Fsp3) is 0.417. The molecule has 0 heterocycles. The third-order valence-corrected chi connectivity index (χ3v) is 3.57. The molecule has 0 aliphatic rings. The Morgan fingerprint density at radius 1 is 1.56 bits per heavy atom. The van der Waals surface area contributed by atoms with Gasteiger partial charge in [0.15, 0.2) is 0 Å². The van der Waals surface area contributed by atoms with Crippen molar-refractivity contribution in [2.45, 2.75) is 25.1 Å². The molecule has 1 rings (SSSR count). The maximum absolute atomic E-state index is 11.9. The van der Waals surface area contributed by atoms with Crippen LogP contribution in [0.15, 0.2) is 18.2 Å². The Morgan fingerprint density at radius 3 is 2.78 bits per heavy atom. The average molecular weight is 315 g/mol. The minimum atomic E-state index is -0.504. The van der Waals surface area contributed by atoms with Crippen molar-refractivity contribution in [3.63, 3.8) is 0 Å². The third kappa shape index (κ3) is 3.80. The second-order valence-electron chi connectivity index (χ2n) is 3.97. The van der Waals surface area contributed by atoms with Gasteiger partial charge in [-0.1, -0.05) is 28.9 Å². The standard InChI is InChI=1S/C12H15BrN2O3/c1-3-9(13)7-14-12(16)11-6-10(15(17)18)5-4-8(11)2/h4-6,9H,3,7H2,1-2H3,(H,14,16). The number of alkyl halides is 1. The summed E-state index contributed by atoms with van der Waals surface area (Å²) >= 11 is 3.41. The van der Waals surface area contributed by atoms with Crippen molar-refractivity contribution >= 4 is 27.5 Å². The van der Waals surface area contributed by atoms with Gasteiger partial charge in [0.05, 0.1) is 4.92 Å². The highest BCUT2D eigenvalue weighted by Gasteiger charge is 2.15. The molecular formula is C12H15BrN2O3. The molecule has 0 bridgehead atoms. The van der Waals surface area contributed by atoms with E-state index >= 15 is 0 Å². The summed E-state index contributed by atoms with van der Waals surface area (Å²) in [7, 11) is 0. The predicted molar refractivity (Wildman–Crippen MR) is 73.2 cm³/mol. The molecule has 0 radical (unpaired) electrons. The predicted octanol–water partition coefficient (Wildman–Crippen LogP) is 2.81. The quantitative estimate of drug-likeness (QED) is 0.516. The van der Waals surface area contributed by atoms with Crippen LogP contribution in [-0.4, -0.2) is 22.2 Å². The monoisotopic (exact) mass is 314 g/mol. The zero-order valence-electron chi connectivity index (χ0n) is 10.3. The molecule has 1 atom stereocenters. The molecule has 1 N–H and O–H groups in total. The van der Waals surface area contributed by atoms with Crippen molar-refractivity contribution in [2.75, 3.05) is 6.54 Å². The lowest BCUT2D eigenvalue weighted by Crippen LogP contribution is -2.29. The molecule has 0 spiro atoms. The number of non-ortho nitro benzene ring substituents is 1. The van der Waals surface area contributed by atoms with Crippen molar-refractivity contribution in [3.8, 4) is 0 Å². The van der Waals surface area contributed by atoms with Crippen molar-refractivity contribution < 1.29 is 9.72 Å². The Kier molecular flexibility index (Phi) is 5.27. The molecule has 98 valence electrons. The zero-order valence-corrected chi connectivity index (χ0v) is 11.9. The van der Waals surface area contributed by atoms with E-state index in [0.29, 0.717) is 12.1 Å². The van der Waals surface area contributed by atoms with Gasteiger partial charge in [-0.2, -0.15) is 0 Å². The first-order chi connectivity index (χ1) is 8.45. The molecule has 5 nitrogen and oxygen atoms in total. The molecule has 1 aromatic rings. The highest BCUT2D eigenvalue weighted by molar-refractivity contribution is 9.09.